The summed E-state index contributed by atoms with van der Waals surface area (Å²) in [5.74, 6) is 0. The number of nitriles is 2. The molecule has 0 amide bonds. The molecule has 0 saturated heterocycles. The van der Waals surface area contributed by atoms with Crippen molar-refractivity contribution in [3.05, 3.63) is 343 Å². The highest BCUT2D eigenvalue weighted by Crippen LogP contribution is 2.52. The number of benzene rings is 14. The van der Waals surface area contributed by atoms with Crippen LogP contribution in [0.15, 0.2) is 243 Å². The lowest BCUT2D eigenvalue weighted by Crippen LogP contribution is -2.14. The topological polar surface area (TPSA) is 76.0 Å². The van der Waals surface area contributed by atoms with Crippen molar-refractivity contribution in [2.75, 3.05) is 0 Å². The molecule has 0 saturated carbocycles. The molecule has 0 N–H and O–H groups in total. The summed E-state index contributed by atoms with van der Waals surface area (Å²) in [6.45, 7) is 33.9. The van der Waals surface area contributed by atoms with Crippen LogP contribution >= 0.6 is 0 Å². The summed E-state index contributed by atoms with van der Waals surface area (Å²) >= 11 is 0. The summed E-state index contributed by atoms with van der Waals surface area (Å²) in [5, 5.41) is 28.5. The second-order valence-electron chi connectivity index (χ2n) is 29.8. The van der Waals surface area contributed by atoms with Crippen LogP contribution in [0.1, 0.15) is 77.9 Å². The van der Waals surface area contributed by atoms with E-state index in [1.54, 1.807) is 52.0 Å². The Hall–Kier alpha value is -14.2. The van der Waals surface area contributed by atoms with Crippen molar-refractivity contribution in [1.82, 2.24) is 18.3 Å². The Morgan fingerprint density at radius 3 is 0.904 bits per heavy atom. The summed E-state index contributed by atoms with van der Waals surface area (Å²) in [6.07, 6.45) is -9.46. The molecule has 0 aliphatic heterocycles. The molecule has 18 rings (SSSR count). The molecule has 0 spiro atoms. The lowest BCUT2D eigenvalue weighted by molar-refractivity contribution is -0.138. The minimum atomic E-state index is -4.73. The lowest BCUT2D eigenvalue weighted by atomic mass is 9.84. The zero-order chi connectivity index (χ0) is 79.8. The van der Waals surface area contributed by atoms with E-state index in [9.17, 15) is 10.5 Å². The Balaban J connectivity index is 0.000000165. The first kappa shape index (κ1) is 72.7. The van der Waals surface area contributed by atoms with E-state index in [2.05, 4.69) is 177 Å². The van der Waals surface area contributed by atoms with Crippen LogP contribution in [0.2, 0.25) is 0 Å². The molecule has 0 bridgehead atoms. The molecule has 14 heteroatoms. The third-order valence-electron chi connectivity index (χ3n) is 23.1. The summed E-state index contributed by atoms with van der Waals surface area (Å²) in [7, 11) is 0. The average Bonchev–Trinajstić information content (AvgIpc) is 1.52. The molecular weight excluding hydrogens is 1430 g/mol. The fraction of sp³-hybridized carbons (Fsp3) is 0.120. The monoisotopic (exact) mass is 1500 g/mol. The van der Waals surface area contributed by atoms with E-state index < -0.39 is 23.5 Å². The van der Waals surface area contributed by atoms with Crippen molar-refractivity contribution < 1.29 is 26.3 Å². The highest BCUT2D eigenvalue weighted by molar-refractivity contribution is 6.14. The summed E-state index contributed by atoms with van der Waals surface area (Å²) < 4.78 is 100. The van der Waals surface area contributed by atoms with Gasteiger partial charge in [-0.3, -0.25) is 0 Å². The molecular formula is C100H70F6N8. The normalized spacial score (nSPS) is 11.8. The Morgan fingerprint density at radius 1 is 0.281 bits per heavy atom. The molecule has 0 unspecified atom stereocenters. The number of fused-ring (bicyclic) bond motifs is 12. The highest BCUT2D eigenvalue weighted by atomic mass is 19.4. The molecule has 14 aromatic carbocycles. The first-order valence-corrected chi connectivity index (χ1v) is 37.4. The van der Waals surface area contributed by atoms with Crippen LogP contribution in [-0.4, -0.2) is 18.3 Å². The van der Waals surface area contributed by atoms with Gasteiger partial charge in [0.15, 0.2) is 11.4 Å². The van der Waals surface area contributed by atoms with Crippen molar-refractivity contribution in [3.8, 4) is 79.4 Å². The second-order valence-corrected chi connectivity index (χ2v) is 29.8. The largest absolute Gasteiger partial charge is 0.417 e. The lowest BCUT2D eigenvalue weighted by Gasteiger charge is -2.24. The number of aromatic nitrogens is 4. The fourth-order valence-electron chi connectivity index (χ4n) is 17.7. The van der Waals surface area contributed by atoms with E-state index in [4.69, 9.17) is 13.1 Å². The van der Waals surface area contributed by atoms with Gasteiger partial charge in [0.2, 0.25) is 0 Å². The van der Waals surface area contributed by atoms with Gasteiger partial charge in [-0.15, -0.1) is 0 Å². The van der Waals surface area contributed by atoms with Crippen molar-refractivity contribution in [2.24, 2.45) is 0 Å². The van der Waals surface area contributed by atoms with Gasteiger partial charge in [-0.25, -0.2) is 9.69 Å². The average molecular weight is 1500 g/mol. The molecule has 18 aromatic rings. The summed E-state index contributed by atoms with van der Waals surface area (Å²) in [6, 6.07) is 84.3. The van der Waals surface area contributed by atoms with Crippen LogP contribution in [0.5, 0.6) is 0 Å². The van der Waals surface area contributed by atoms with Crippen LogP contribution in [0.25, 0.3) is 164 Å². The van der Waals surface area contributed by atoms with E-state index >= 15 is 26.3 Å². The van der Waals surface area contributed by atoms with Crippen LogP contribution in [0.4, 0.5) is 37.7 Å². The Morgan fingerprint density at radius 2 is 0.570 bits per heavy atom. The van der Waals surface area contributed by atoms with Crippen LogP contribution in [-0.2, 0) is 12.4 Å². The van der Waals surface area contributed by atoms with Gasteiger partial charge in [0.25, 0.3) is 0 Å². The minimum absolute atomic E-state index is 0.0367. The van der Waals surface area contributed by atoms with E-state index in [-0.39, 0.29) is 33.4 Å². The Kier molecular flexibility index (Phi) is 17.5. The molecule has 552 valence electrons. The van der Waals surface area contributed by atoms with Gasteiger partial charge >= 0.3 is 12.4 Å². The van der Waals surface area contributed by atoms with Crippen molar-refractivity contribution >= 4 is 98.6 Å². The predicted octanol–water partition coefficient (Wildman–Crippen LogP) is 28.4. The maximum Gasteiger partial charge on any atom is 0.417 e. The van der Waals surface area contributed by atoms with Gasteiger partial charge < -0.3 is 18.3 Å². The van der Waals surface area contributed by atoms with Gasteiger partial charge in [0.05, 0.1) is 109 Å². The highest BCUT2D eigenvalue weighted by Gasteiger charge is 2.41. The molecule has 8 nitrogen and oxygen atoms in total. The summed E-state index contributed by atoms with van der Waals surface area (Å²) in [4.78, 5) is 7.70. The van der Waals surface area contributed by atoms with E-state index in [0.717, 1.165) is 138 Å². The number of nitrogens with zero attached hydrogens (tertiary/aromatic N) is 8. The standard InChI is InChI=1S/2C50H35F3N4/c1-28-15-20-44-38(23-28)35-11-7-9-13-42(35)56(44)46-22-17-33(48-31(4)30(3)41(27-54)32(5)49(48)50(51,52)53)25-40(46)37-19-18-34(55-6)26-47(37)57-43-14-10-8-12-36(43)39-24-29(2)16-21-45(39)57;1-28-15-19-44-37(23-28)35-11-7-9-13-42(35)56(44)46-21-17-33(48-31(4)30(3)41(27-54)32(5)49(48)50(51,52)53)25-39(46)40-26-34(55-6)18-22-47(40)57-43-14-10-8-12-36(43)38-24-29(2)16-20-45(38)57/h2*7-26H,1-5H3. The number of para-hydroxylation sites is 4. The number of alkyl halides is 6. The second kappa shape index (κ2) is 27.4. The smallest absolute Gasteiger partial charge is 0.310 e. The van der Waals surface area contributed by atoms with Crippen molar-refractivity contribution in [2.45, 2.75) is 81.6 Å². The molecule has 0 radical (unpaired) electrons. The molecule has 0 aliphatic carbocycles. The third-order valence-corrected chi connectivity index (χ3v) is 23.1. The molecule has 4 heterocycles. The number of halogens is 6. The van der Waals surface area contributed by atoms with Gasteiger partial charge in [-0.05, 0) is 246 Å². The number of rotatable bonds is 8. The van der Waals surface area contributed by atoms with Crippen LogP contribution in [0, 0.1) is 105 Å². The SMILES string of the molecule is [C-]#[N+]c1ccc(-c2cc(-c3c(C)c(C)c(C#N)c(C)c3C(F)(F)F)ccc2-n2c3ccccc3c3cc(C)ccc32)c(-n2c3ccccc3c3cc(C)ccc32)c1.[C-]#[N+]c1ccc(-n2c3ccccc3c3cc(C)ccc32)c(-c2cc(-c3c(C)c(C)c(C#N)c(C)c3C(F)(F)F)ccc2-n2c3ccccc3c3cc(C)ccc32)c1. The Labute approximate surface area is 654 Å². The first-order chi connectivity index (χ1) is 54.8. The predicted molar refractivity (Wildman–Crippen MR) is 451 cm³/mol. The van der Waals surface area contributed by atoms with E-state index in [0.29, 0.717) is 61.4 Å². The molecule has 0 atom stereocenters. The third kappa shape index (κ3) is 11.5. The summed E-state index contributed by atoms with van der Waals surface area (Å²) in [5.41, 5.74) is 19.7. The molecule has 4 aromatic heterocycles. The van der Waals surface area contributed by atoms with Gasteiger partial charge in [0.1, 0.15) is 0 Å². The zero-order valence-electron chi connectivity index (χ0n) is 63.9. The van der Waals surface area contributed by atoms with Crippen LogP contribution in [0.3, 0.4) is 0 Å². The van der Waals surface area contributed by atoms with Crippen molar-refractivity contribution in [3.63, 3.8) is 0 Å². The molecule has 0 fully saturated rings. The zero-order valence-corrected chi connectivity index (χ0v) is 63.9. The number of hydrogen-bond donors (Lipinski definition) is 0. The van der Waals surface area contributed by atoms with Gasteiger partial charge in [-0.1, -0.05) is 150 Å². The minimum Gasteiger partial charge on any atom is -0.310 e. The van der Waals surface area contributed by atoms with Gasteiger partial charge in [-0.2, -0.15) is 36.9 Å². The quantitative estimate of drug-likeness (QED) is 0.112. The van der Waals surface area contributed by atoms with Gasteiger partial charge in [0, 0.05) is 65.5 Å². The molecule has 0 aliphatic rings. The Bertz CT molecular complexity index is 7380. The van der Waals surface area contributed by atoms with Crippen LogP contribution < -0.4 is 0 Å². The maximum atomic E-state index is 15.3. The molecule has 114 heavy (non-hydrogen) atoms. The van der Waals surface area contributed by atoms with E-state index in [1.807, 2.05) is 109 Å². The first-order valence-electron chi connectivity index (χ1n) is 37.4. The van der Waals surface area contributed by atoms with E-state index in [1.165, 1.54) is 13.8 Å². The number of aryl methyl sites for hydroxylation is 4. The number of hydrogen-bond acceptors (Lipinski definition) is 2. The fourth-order valence-corrected chi connectivity index (χ4v) is 17.7. The maximum absolute atomic E-state index is 15.3. The van der Waals surface area contributed by atoms with Crippen molar-refractivity contribution in [1.29, 1.82) is 10.5 Å².